The molecule has 0 bridgehead atoms. The van der Waals surface area contributed by atoms with E-state index in [-0.39, 0.29) is 5.41 Å². The van der Waals surface area contributed by atoms with Crippen molar-refractivity contribution in [3.05, 3.63) is 41.6 Å². The van der Waals surface area contributed by atoms with E-state index in [0.29, 0.717) is 11.2 Å². The Kier molecular flexibility index (Phi) is 3.83. The molecular formula is C24H30BNO. The predicted octanol–water partition coefficient (Wildman–Crippen LogP) is 3.87. The van der Waals surface area contributed by atoms with Gasteiger partial charge in [0.1, 0.15) is 0 Å². The highest BCUT2D eigenvalue weighted by Gasteiger charge is 2.57. The van der Waals surface area contributed by atoms with E-state index < -0.39 is 0 Å². The average molecular weight is 359 g/mol. The number of hydrogen-bond acceptors (Lipinski definition) is 2. The molecule has 0 radical (unpaired) electrons. The topological polar surface area (TPSA) is 30.0 Å². The van der Waals surface area contributed by atoms with Gasteiger partial charge in [0.25, 0.3) is 0 Å². The zero-order chi connectivity index (χ0) is 18.8. The fourth-order valence-corrected chi connectivity index (χ4v) is 7.20. The number of pyridine rings is 1. The first-order valence-corrected chi connectivity index (χ1v) is 10.8. The largest absolute Gasteiger partial charge is 0.295 e. The first-order valence-electron chi connectivity index (χ1n) is 10.8. The molecule has 0 aromatic carbocycles. The number of ketones is 1. The van der Waals surface area contributed by atoms with Crippen molar-refractivity contribution in [3.63, 3.8) is 0 Å². The van der Waals surface area contributed by atoms with Crippen molar-refractivity contribution in [2.75, 3.05) is 0 Å². The van der Waals surface area contributed by atoms with Crippen LogP contribution in [0.3, 0.4) is 0 Å². The van der Waals surface area contributed by atoms with Crippen molar-refractivity contribution < 1.29 is 4.79 Å². The SMILES string of the molecule is Bc1ccc(C2=CCC3C4CCC5=CC(=O)CC[C@]5(C)C4CC[C@]23C)cn1. The Morgan fingerprint density at radius 1 is 1.07 bits per heavy atom. The van der Waals surface area contributed by atoms with Gasteiger partial charge in [-0.1, -0.05) is 37.6 Å². The number of fused-ring (bicyclic) bond motifs is 5. The molecule has 5 rings (SSSR count). The molecule has 0 spiro atoms. The molecule has 140 valence electrons. The first-order chi connectivity index (χ1) is 12.9. The lowest BCUT2D eigenvalue weighted by Gasteiger charge is -2.57. The molecule has 2 saturated carbocycles. The van der Waals surface area contributed by atoms with Crippen LogP contribution in [0.1, 0.15) is 64.4 Å². The number of rotatable bonds is 1. The van der Waals surface area contributed by atoms with E-state index >= 15 is 0 Å². The predicted molar refractivity (Wildman–Crippen MR) is 112 cm³/mol. The van der Waals surface area contributed by atoms with Gasteiger partial charge >= 0.3 is 0 Å². The third-order valence-corrected chi connectivity index (χ3v) is 8.77. The van der Waals surface area contributed by atoms with E-state index in [4.69, 9.17) is 0 Å². The Labute approximate surface area is 163 Å². The Bertz CT molecular complexity index is 854. The Morgan fingerprint density at radius 3 is 2.70 bits per heavy atom. The molecule has 3 unspecified atom stereocenters. The maximum Gasteiger partial charge on any atom is 0.163 e. The average Bonchev–Trinajstić information content (AvgIpc) is 3.00. The minimum Gasteiger partial charge on any atom is -0.295 e. The van der Waals surface area contributed by atoms with Gasteiger partial charge in [0, 0.05) is 12.6 Å². The standard InChI is InChI=1S/C24H30BNO/c1-23-11-9-17(27)13-16(23)4-5-18-20-7-6-19(15-3-8-22(25)26-14-15)24(20,2)12-10-21(18)23/h3,6,8,13-14,18,20-21H,4-5,7,9-12,25H2,1-2H3/t18?,20?,21?,23-,24+/m0/s1. The van der Waals surface area contributed by atoms with Crippen molar-refractivity contribution in [2.45, 2.75) is 58.8 Å². The van der Waals surface area contributed by atoms with Crippen LogP contribution in [-0.2, 0) is 4.79 Å². The maximum atomic E-state index is 12.0. The van der Waals surface area contributed by atoms with Gasteiger partial charge < -0.3 is 0 Å². The molecule has 2 fully saturated rings. The van der Waals surface area contributed by atoms with Gasteiger partial charge in [-0.05, 0) is 89.9 Å². The van der Waals surface area contributed by atoms with E-state index in [0.717, 1.165) is 42.6 Å². The number of allylic oxidation sites excluding steroid dienone is 4. The number of aromatic nitrogens is 1. The first kappa shape index (κ1) is 17.5. The number of carbonyl (C=O) groups excluding carboxylic acids is 1. The summed E-state index contributed by atoms with van der Waals surface area (Å²) in [4.78, 5) is 16.6. The Balaban J connectivity index is 1.47. The minimum atomic E-state index is 0.270. The molecule has 4 aliphatic rings. The lowest BCUT2D eigenvalue weighted by Crippen LogP contribution is -2.49. The Morgan fingerprint density at radius 2 is 1.93 bits per heavy atom. The van der Waals surface area contributed by atoms with Crippen molar-refractivity contribution in [3.8, 4) is 0 Å². The van der Waals surface area contributed by atoms with Gasteiger partial charge in [-0.25, -0.2) is 0 Å². The van der Waals surface area contributed by atoms with Crippen LogP contribution in [0.4, 0.5) is 0 Å². The van der Waals surface area contributed by atoms with Gasteiger partial charge in [0.05, 0.1) is 0 Å². The summed E-state index contributed by atoms with van der Waals surface area (Å²) in [5.41, 5.74) is 6.00. The van der Waals surface area contributed by atoms with Crippen molar-refractivity contribution in [2.24, 2.45) is 28.6 Å². The second-order valence-corrected chi connectivity index (χ2v) is 9.97. The molecule has 3 heteroatoms. The van der Waals surface area contributed by atoms with Gasteiger partial charge in [0.15, 0.2) is 13.6 Å². The molecule has 0 N–H and O–H groups in total. The highest BCUT2D eigenvalue weighted by atomic mass is 16.1. The summed E-state index contributed by atoms with van der Waals surface area (Å²) in [6, 6.07) is 4.42. The van der Waals surface area contributed by atoms with Gasteiger partial charge in [-0.3, -0.25) is 9.78 Å². The van der Waals surface area contributed by atoms with Crippen LogP contribution in [0, 0.1) is 28.6 Å². The molecule has 5 atom stereocenters. The van der Waals surface area contributed by atoms with E-state index in [2.05, 4.69) is 51.1 Å². The molecule has 0 saturated heterocycles. The summed E-state index contributed by atoms with van der Waals surface area (Å²) < 4.78 is 0. The highest BCUT2D eigenvalue weighted by Crippen LogP contribution is 2.66. The highest BCUT2D eigenvalue weighted by molar-refractivity contribution is 6.30. The minimum absolute atomic E-state index is 0.270. The van der Waals surface area contributed by atoms with Gasteiger partial charge in [-0.15, -0.1) is 0 Å². The molecule has 4 aliphatic carbocycles. The summed E-state index contributed by atoms with van der Waals surface area (Å²) in [5, 5.41) is 0. The molecule has 1 heterocycles. The molecular weight excluding hydrogens is 329 g/mol. The van der Waals surface area contributed by atoms with E-state index in [9.17, 15) is 4.79 Å². The second kappa shape index (κ2) is 5.93. The lowest BCUT2D eigenvalue weighted by atomic mass is 9.46. The van der Waals surface area contributed by atoms with Crippen molar-refractivity contribution in [1.82, 2.24) is 4.98 Å². The van der Waals surface area contributed by atoms with Crippen LogP contribution in [0.2, 0.25) is 0 Å². The summed E-state index contributed by atoms with van der Waals surface area (Å²) in [5.74, 6) is 2.67. The van der Waals surface area contributed by atoms with Crippen LogP contribution in [0.5, 0.6) is 0 Å². The summed E-state index contributed by atoms with van der Waals surface area (Å²) in [7, 11) is 2.06. The van der Waals surface area contributed by atoms with Gasteiger partial charge in [0.2, 0.25) is 0 Å². The molecule has 2 nitrogen and oxygen atoms in total. The van der Waals surface area contributed by atoms with Crippen LogP contribution < -0.4 is 5.59 Å². The van der Waals surface area contributed by atoms with E-state index in [1.165, 1.54) is 36.8 Å². The fourth-order valence-electron chi connectivity index (χ4n) is 7.20. The third kappa shape index (κ3) is 2.46. The zero-order valence-corrected chi connectivity index (χ0v) is 16.9. The Hall–Kier alpha value is -1.64. The van der Waals surface area contributed by atoms with Crippen LogP contribution >= 0.6 is 0 Å². The van der Waals surface area contributed by atoms with Crippen LogP contribution in [0.25, 0.3) is 5.57 Å². The molecule has 1 aromatic heterocycles. The zero-order valence-electron chi connectivity index (χ0n) is 16.9. The quantitative estimate of drug-likeness (QED) is 0.713. The summed E-state index contributed by atoms with van der Waals surface area (Å²) in [6.07, 6.45) is 14.6. The second-order valence-electron chi connectivity index (χ2n) is 9.97. The molecule has 27 heavy (non-hydrogen) atoms. The monoisotopic (exact) mass is 359 g/mol. The molecule has 0 amide bonds. The molecule has 0 aliphatic heterocycles. The van der Waals surface area contributed by atoms with E-state index in [1.54, 1.807) is 5.57 Å². The smallest absolute Gasteiger partial charge is 0.163 e. The van der Waals surface area contributed by atoms with Crippen LogP contribution in [-0.4, -0.2) is 18.6 Å². The third-order valence-electron chi connectivity index (χ3n) is 8.77. The van der Waals surface area contributed by atoms with Gasteiger partial charge in [-0.2, -0.15) is 0 Å². The number of hydrogen-bond donors (Lipinski definition) is 0. The fraction of sp³-hybridized carbons (Fsp3) is 0.583. The molecule has 1 aromatic rings. The summed E-state index contributed by atoms with van der Waals surface area (Å²) >= 11 is 0. The van der Waals surface area contributed by atoms with Crippen molar-refractivity contribution >= 4 is 24.8 Å². The van der Waals surface area contributed by atoms with E-state index in [1.807, 2.05) is 6.08 Å². The normalized spacial score (nSPS) is 40.5. The van der Waals surface area contributed by atoms with Crippen molar-refractivity contribution in [1.29, 1.82) is 0 Å². The summed E-state index contributed by atoms with van der Waals surface area (Å²) in [6.45, 7) is 4.99. The lowest BCUT2D eigenvalue weighted by molar-refractivity contribution is -0.117. The maximum absolute atomic E-state index is 12.0. The number of carbonyl (C=O) groups is 1. The van der Waals surface area contributed by atoms with Crippen LogP contribution in [0.15, 0.2) is 36.1 Å². The number of nitrogens with zero attached hydrogens (tertiary/aromatic N) is 1.